The molecule has 35 heavy (non-hydrogen) atoms. The van der Waals surface area contributed by atoms with Crippen molar-refractivity contribution >= 4 is 23.6 Å². The molecule has 5 heteroatoms. The molecule has 0 heterocycles. The van der Waals surface area contributed by atoms with Gasteiger partial charge in [0.25, 0.3) is 0 Å². The van der Waals surface area contributed by atoms with Crippen molar-refractivity contribution in [1.82, 2.24) is 4.90 Å². The van der Waals surface area contributed by atoms with Gasteiger partial charge in [-0.3, -0.25) is 4.79 Å². The molecule has 0 saturated carbocycles. The predicted octanol–water partition coefficient (Wildman–Crippen LogP) is 8.35. The second-order valence-corrected chi connectivity index (χ2v) is 12.2. The van der Waals surface area contributed by atoms with Gasteiger partial charge in [0.2, 0.25) is 5.43 Å². The number of hydrogen-bond donors (Lipinski definition) is 1. The Balaban J connectivity index is 2.52. The first-order valence-electron chi connectivity index (χ1n) is 14.7. The van der Waals surface area contributed by atoms with Gasteiger partial charge in [-0.05, 0) is 44.2 Å². The topological polar surface area (TPSA) is 35.6 Å². The lowest BCUT2D eigenvalue weighted by Crippen LogP contribution is -2.34. The van der Waals surface area contributed by atoms with Crippen molar-refractivity contribution in [1.29, 1.82) is 0 Å². The highest BCUT2D eigenvalue weighted by Gasteiger charge is 2.21. The third-order valence-electron chi connectivity index (χ3n) is 7.07. The van der Waals surface area contributed by atoms with Crippen LogP contribution in [0.5, 0.6) is 0 Å². The second-order valence-electron chi connectivity index (χ2n) is 11.8. The highest BCUT2D eigenvalue weighted by atomic mass is 32.1. The van der Waals surface area contributed by atoms with Crippen LogP contribution in [0.3, 0.4) is 0 Å². The summed E-state index contributed by atoms with van der Waals surface area (Å²) in [6.07, 6.45) is 18.3. The minimum Gasteiger partial charge on any atom is -0.381 e. The summed E-state index contributed by atoms with van der Waals surface area (Å²) >= 11 is 5.41. The fraction of sp³-hybridized carbons (Fsp3) is 0.867. The normalized spacial score (nSPS) is 12.1. The van der Waals surface area contributed by atoms with Crippen molar-refractivity contribution in [2.24, 2.45) is 5.41 Å². The lowest BCUT2D eigenvalue weighted by atomic mass is 9.90. The molecule has 204 valence electrons. The Morgan fingerprint density at radius 3 is 1.77 bits per heavy atom. The van der Waals surface area contributed by atoms with E-state index >= 15 is 0 Å². The summed E-state index contributed by atoms with van der Waals surface area (Å²) in [4.78, 5) is 17.2. The summed E-state index contributed by atoms with van der Waals surface area (Å²) in [7, 11) is 2.03. The van der Waals surface area contributed by atoms with Crippen LogP contribution in [0.4, 0.5) is 11.4 Å². The molecule has 1 N–H and O–H groups in total. The molecule has 0 aromatic heterocycles. The van der Waals surface area contributed by atoms with Gasteiger partial charge in [0.05, 0.1) is 5.69 Å². The van der Waals surface area contributed by atoms with E-state index in [-0.39, 0.29) is 5.43 Å². The van der Waals surface area contributed by atoms with Gasteiger partial charge in [-0.2, -0.15) is 0 Å². The average Bonchev–Trinajstić information content (AvgIpc) is 2.80. The van der Waals surface area contributed by atoms with Gasteiger partial charge in [0, 0.05) is 26.7 Å². The number of hydrogen-bond acceptors (Lipinski definition) is 5. The number of unbranched alkanes of at least 4 members (excludes halogenated alkanes) is 10. The summed E-state index contributed by atoms with van der Waals surface area (Å²) in [6, 6.07) is 0. The smallest absolute Gasteiger partial charge is 0.224 e. The first kappa shape index (κ1) is 32.1. The molecule has 0 spiro atoms. The molecular formula is C30H57N3OS. The molecule has 0 saturated heterocycles. The van der Waals surface area contributed by atoms with E-state index in [2.05, 4.69) is 49.7 Å². The molecule has 0 bridgehead atoms. The van der Waals surface area contributed by atoms with Crippen LogP contribution >= 0.6 is 12.2 Å². The van der Waals surface area contributed by atoms with Crippen molar-refractivity contribution in [3.05, 3.63) is 14.7 Å². The Morgan fingerprint density at radius 2 is 1.26 bits per heavy atom. The van der Waals surface area contributed by atoms with E-state index < -0.39 is 0 Å². The number of anilines is 2. The zero-order valence-electron chi connectivity index (χ0n) is 24.1. The lowest BCUT2D eigenvalue weighted by Gasteiger charge is -2.27. The third-order valence-corrected chi connectivity index (χ3v) is 7.46. The van der Waals surface area contributed by atoms with E-state index in [1.165, 1.54) is 90.1 Å². The fourth-order valence-corrected chi connectivity index (χ4v) is 5.04. The molecule has 0 radical (unpaired) electrons. The summed E-state index contributed by atoms with van der Waals surface area (Å²) in [5, 5.41) is 3.54. The minimum absolute atomic E-state index is 0.0387. The van der Waals surface area contributed by atoms with Crippen LogP contribution < -0.4 is 15.6 Å². The predicted molar refractivity (Wildman–Crippen MR) is 160 cm³/mol. The Hall–Kier alpha value is -0.940. The van der Waals surface area contributed by atoms with Crippen LogP contribution in [0.1, 0.15) is 125 Å². The highest BCUT2D eigenvalue weighted by molar-refractivity contribution is 7.71. The van der Waals surface area contributed by atoms with Gasteiger partial charge in [-0.15, -0.1) is 0 Å². The zero-order valence-corrected chi connectivity index (χ0v) is 25.0. The molecule has 1 rings (SSSR count). The maximum atomic E-state index is 12.5. The van der Waals surface area contributed by atoms with E-state index in [0.717, 1.165) is 43.9 Å². The van der Waals surface area contributed by atoms with E-state index in [0.29, 0.717) is 9.93 Å². The van der Waals surface area contributed by atoms with Gasteiger partial charge >= 0.3 is 0 Å². The first-order valence-corrected chi connectivity index (χ1v) is 15.1. The minimum atomic E-state index is 0.0387. The third kappa shape index (κ3) is 13.8. The molecule has 0 amide bonds. The first-order chi connectivity index (χ1) is 16.7. The van der Waals surface area contributed by atoms with Crippen LogP contribution in [0.2, 0.25) is 0 Å². The van der Waals surface area contributed by atoms with Crippen LogP contribution in [0.25, 0.3) is 0 Å². The van der Waals surface area contributed by atoms with Crippen molar-refractivity contribution in [3.63, 3.8) is 0 Å². The molecule has 0 unspecified atom stereocenters. The maximum Gasteiger partial charge on any atom is 0.224 e. The number of rotatable bonds is 22. The SMILES string of the molecule is CCCCCCCCN(CCCCCCCC)CCNc1c(N(C)CCCC(C)(C)C)c(=O)c1=S. The Bertz CT molecular complexity index is 717. The van der Waals surface area contributed by atoms with Gasteiger partial charge < -0.3 is 15.1 Å². The van der Waals surface area contributed by atoms with Crippen molar-refractivity contribution in [2.45, 2.75) is 125 Å². The largest absolute Gasteiger partial charge is 0.381 e. The maximum absolute atomic E-state index is 12.5. The van der Waals surface area contributed by atoms with E-state index in [4.69, 9.17) is 12.2 Å². The molecule has 1 aromatic carbocycles. The van der Waals surface area contributed by atoms with Crippen molar-refractivity contribution in [3.8, 4) is 0 Å². The Morgan fingerprint density at radius 1 is 0.743 bits per heavy atom. The van der Waals surface area contributed by atoms with Crippen LogP contribution in [-0.2, 0) is 0 Å². The lowest BCUT2D eigenvalue weighted by molar-refractivity contribution is 0.269. The summed E-state index contributed by atoms with van der Waals surface area (Å²) in [5.41, 5.74) is 2.06. The van der Waals surface area contributed by atoms with Crippen molar-refractivity contribution < 1.29 is 0 Å². The van der Waals surface area contributed by atoms with Crippen LogP contribution in [0.15, 0.2) is 4.79 Å². The number of nitrogens with one attached hydrogen (secondary N) is 1. The Labute approximate surface area is 222 Å². The van der Waals surface area contributed by atoms with Crippen molar-refractivity contribution in [2.75, 3.05) is 50.0 Å². The molecule has 0 aliphatic rings. The second kappa shape index (κ2) is 18.3. The fourth-order valence-electron chi connectivity index (χ4n) is 4.77. The van der Waals surface area contributed by atoms with Gasteiger partial charge in [-0.25, -0.2) is 0 Å². The average molecular weight is 508 g/mol. The molecule has 0 aliphatic carbocycles. The molecule has 0 fully saturated rings. The molecule has 0 atom stereocenters. The van der Waals surface area contributed by atoms with E-state index in [9.17, 15) is 4.79 Å². The molecular weight excluding hydrogens is 450 g/mol. The summed E-state index contributed by atoms with van der Waals surface area (Å²) in [5.74, 6) is 0. The molecule has 4 nitrogen and oxygen atoms in total. The monoisotopic (exact) mass is 507 g/mol. The van der Waals surface area contributed by atoms with E-state index in [1.54, 1.807) is 0 Å². The zero-order chi connectivity index (χ0) is 26.1. The molecule has 1 aromatic rings. The highest BCUT2D eigenvalue weighted by Crippen LogP contribution is 2.27. The van der Waals surface area contributed by atoms with Crippen LogP contribution in [0, 0.1) is 9.93 Å². The van der Waals surface area contributed by atoms with Gasteiger partial charge in [0.1, 0.15) is 10.2 Å². The molecule has 0 aliphatic heterocycles. The summed E-state index contributed by atoms with van der Waals surface area (Å²) < 4.78 is 0.487. The summed E-state index contributed by atoms with van der Waals surface area (Å²) in [6.45, 7) is 16.5. The quantitative estimate of drug-likeness (QED) is 0.126. The van der Waals surface area contributed by atoms with E-state index in [1.807, 2.05) is 7.05 Å². The van der Waals surface area contributed by atoms with Gasteiger partial charge in [0.15, 0.2) is 0 Å². The standard InChI is InChI=1S/C30H57N3OS/c1-7-9-11-13-15-17-23-33(24-18-16-14-12-10-8-2)25-21-31-26-27(28(34)29(26)35)32(6)22-19-20-30(3,4)5/h31H,7-25H2,1-6H3. The number of nitrogens with zero attached hydrogens (tertiary/aromatic N) is 2. The van der Waals surface area contributed by atoms with Crippen LogP contribution in [-0.4, -0.2) is 44.7 Å². The van der Waals surface area contributed by atoms with Gasteiger partial charge in [-0.1, -0.05) is 111 Å². The Kier molecular flexibility index (Phi) is 16.8.